The second kappa shape index (κ2) is 5.67. The van der Waals surface area contributed by atoms with Gasteiger partial charge in [-0.2, -0.15) is 0 Å². The van der Waals surface area contributed by atoms with Crippen LogP contribution in [0, 0.1) is 0 Å². The Bertz CT molecular complexity index is 426. The fourth-order valence-electron chi connectivity index (χ4n) is 1.86. The minimum absolute atomic E-state index is 0.168. The second-order valence-electron chi connectivity index (χ2n) is 4.70. The highest BCUT2D eigenvalue weighted by Gasteiger charge is 2.33. The molecular weight excluding hydrogens is 230 g/mol. The molecule has 0 spiro atoms. The second-order valence-corrected chi connectivity index (χ2v) is 4.70. The van der Waals surface area contributed by atoms with Crippen molar-refractivity contribution < 1.29 is 14.7 Å². The third-order valence-corrected chi connectivity index (χ3v) is 3.03. The molecule has 1 amide bonds. The molecule has 0 aliphatic heterocycles. The van der Waals surface area contributed by atoms with Crippen LogP contribution in [0.3, 0.4) is 0 Å². The molecule has 0 bridgehead atoms. The van der Waals surface area contributed by atoms with Crippen LogP contribution in [0.5, 0.6) is 0 Å². The Hall–Kier alpha value is -1.84. The van der Waals surface area contributed by atoms with E-state index < -0.39 is 11.4 Å². The number of carbonyl (C=O) groups excluding carboxylic acids is 1. The molecule has 1 rings (SSSR count). The summed E-state index contributed by atoms with van der Waals surface area (Å²) in [6, 6.07) is 9.40. The predicted molar refractivity (Wildman–Crippen MR) is 69.4 cm³/mol. The summed E-state index contributed by atoms with van der Waals surface area (Å²) < 4.78 is 0. The average molecular weight is 249 g/mol. The Labute approximate surface area is 107 Å². The van der Waals surface area contributed by atoms with Crippen molar-refractivity contribution in [2.45, 2.75) is 26.2 Å². The third-order valence-electron chi connectivity index (χ3n) is 3.03. The zero-order valence-electron chi connectivity index (χ0n) is 11.0. The normalized spacial score (nSPS) is 11.1. The molecule has 18 heavy (non-hydrogen) atoms. The summed E-state index contributed by atoms with van der Waals surface area (Å²) in [5.41, 5.74) is 0.172. The average Bonchev–Trinajstić information content (AvgIpc) is 2.36. The Morgan fingerprint density at radius 1 is 1.22 bits per heavy atom. The molecule has 0 heterocycles. The zero-order valence-corrected chi connectivity index (χ0v) is 11.0. The lowest BCUT2D eigenvalue weighted by Gasteiger charge is -2.30. The van der Waals surface area contributed by atoms with Crippen LogP contribution in [0.2, 0.25) is 0 Å². The van der Waals surface area contributed by atoms with Crippen molar-refractivity contribution in [1.82, 2.24) is 4.90 Å². The van der Waals surface area contributed by atoms with E-state index in [1.54, 1.807) is 6.92 Å². The Kier molecular flexibility index (Phi) is 4.48. The number of carbonyl (C=O) groups is 2. The lowest BCUT2D eigenvalue weighted by atomic mass is 9.83. The maximum Gasteiger partial charge on any atom is 0.323 e. The molecule has 0 saturated carbocycles. The lowest BCUT2D eigenvalue weighted by Crippen LogP contribution is -2.45. The smallest absolute Gasteiger partial charge is 0.323 e. The van der Waals surface area contributed by atoms with E-state index in [1.807, 2.05) is 44.2 Å². The van der Waals surface area contributed by atoms with Crippen LogP contribution in [0.15, 0.2) is 30.3 Å². The summed E-state index contributed by atoms with van der Waals surface area (Å²) in [6.07, 6.45) is 0. The summed E-state index contributed by atoms with van der Waals surface area (Å²) in [4.78, 5) is 24.5. The lowest BCUT2D eigenvalue weighted by molar-refractivity contribution is -0.146. The third kappa shape index (κ3) is 3.09. The molecule has 0 aliphatic rings. The number of carboxylic acid groups (broad SMARTS) is 1. The van der Waals surface area contributed by atoms with Crippen molar-refractivity contribution in [3.8, 4) is 0 Å². The molecule has 0 aliphatic carbocycles. The number of aliphatic carboxylic acids is 1. The first kappa shape index (κ1) is 14.2. The van der Waals surface area contributed by atoms with Gasteiger partial charge in [-0.05, 0) is 26.3 Å². The molecule has 0 saturated heterocycles. The summed E-state index contributed by atoms with van der Waals surface area (Å²) >= 11 is 0. The zero-order chi connectivity index (χ0) is 13.8. The van der Waals surface area contributed by atoms with Crippen LogP contribution < -0.4 is 0 Å². The fraction of sp³-hybridized carbons (Fsp3) is 0.429. The summed E-state index contributed by atoms with van der Waals surface area (Å²) in [5.74, 6) is -1.16. The van der Waals surface area contributed by atoms with Gasteiger partial charge >= 0.3 is 5.97 Å². The number of nitrogens with zero attached hydrogens (tertiary/aromatic N) is 1. The van der Waals surface area contributed by atoms with Gasteiger partial charge in [-0.25, -0.2) is 0 Å². The van der Waals surface area contributed by atoms with Gasteiger partial charge in [0.15, 0.2) is 0 Å². The van der Waals surface area contributed by atoms with Crippen molar-refractivity contribution in [3.63, 3.8) is 0 Å². The summed E-state index contributed by atoms with van der Waals surface area (Å²) in [7, 11) is 0. The molecule has 0 unspecified atom stereocenters. The van der Waals surface area contributed by atoms with E-state index in [0.717, 1.165) is 5.56 Å². The predicted octanol–water partition coefficient (Wildman–Crippen LogP) is 1.90. The number of carboxylic acids is 1. The van der Waals surface area contributed by atoms with E-state index in [4.69, 9.17) is 5.11 Å². The van der Waals surface area contributed by atoms with Gasteiger partial charge in [-0.1, -0.05) is 30.3 Å². The topological polar surface area (TPSA) is 57.6 Å². The molecule has 1 N–H and O–H groups in total. The van der Waals surface area contributed by atoms with Crippen LogP contribution in [-0.2, 0) is 15.0 Å². The van der Waals surface area contributed by atoms with Crippen LogP contribution in [0.4, 0.5) is 0 Å². The maximum atomic E-state index is 12.4. The largest absolute Gasteiger partial charge is 0.480 e. The Morgan fingerprint density at radius 3 is 2.22 bits per heavy atom. The van der Waals surface area contributed by atoms with Crippen LogP contribution in [-0.4, -0.2) is 35.0 Å². The number of amides is 1. The minimum Gasteiger partial charge on any atom is -0.480 e. The Balaban J connectivity index is 2.97. The molecule has 0 aromatic heterocycles. The van der Waals surface area contributed by atoms with Crippen molar-refractivity contribution in [1.29, 1.82) is 0 Å². The van der Waals surface area contributed by atoms with E-state index in [0.29, 0.717) is 6.54 Å². The van der Waals surface area contributed by atoms with E-state index >= 15 is 0 Å². The van der Waals surface area contributed by atoms with E-state index in [2.05, 4.69) is 0 Å². The molecule has 4 nitrogen and oxygen atoms in total. The van der Waals surface area contributed by atoms with E-state index in [9.17, 15) is 9.59 Å². The summed E-state index contributed by atoms with van der Waals surface area (Å²) in [6.45, 7) is 5.54. The molecule has 0 fully saturated rings. The van der Waals surface area contributed by atoms with Gasteiger partial charge in [0.25, 0.3) is 0 Å². The first-order valence-corrected chi connectivity index (χ1v) is 5.96. The number of hydrogen-bond donors (Lipinski definition) is 1. The quantitative estimate of drug-likeness (QED) is 0.867. The van der Waals surface area contributed by atoms with Crippen LogP contribution in [0.1, 0.15) is 26.3 Å². The number of likely N-dealkylation sites (N-methyl/N-ethyl adjacent to an activating group) is 1. The highest BCUT2D eigenvalue weighted by Crippen LogP contribution is 2.25. The van der Waals surface area contributed by atoms with Gasteiger partial charge in [0.1, 0.15) is 6.54 Å². The standard InChI is InChI=1S/C14H19NO3/c1-4-15(10-12(16)17)13(18)14(2,3)11-8-6-5-7-9-11/h5-9H,4,10H2,1-3H3,(H,16,17). The first-order chi connectivity index (χ1) is 8.39. The SMILES string of the molecule is CCN(CC(=O)O)C(=O)C(C)(C)c1ccccc1. The summed E-state index contributed by atoms with van der Waals surface area (Å²) in [5, 5.41) is 8.81. The highest BCUT2D eigenvalue weighted by molar-refractivity contribution is 5.89. The molecule has 1 aromatic carbocycles. The number of rotatable bonds is 5. The van der Waals surface area contributed by atoms with E-state index in [1.165, 1.54) is 4.90 Å². The Morgan fingerprint density at radius 2 is 1.78 bits per heavy atom. The van der Waals surface area contributed by atoms with Gasteiger partial charge in [0.2, 0.25) is 5.91 Å². The van der Waals surface area contributed by atoms with Crippen molar-refractivity contribution >= 4 is 11.9 Å². The van der Waals surface area contributed by atoms with Crippen molar-refractivity contribution in [2.75, 3.05) is 13.1 Å². The first-order valence-electron chi connectivity index (χ1n) is 5.96. The van der Waals surface area contributed by atoms with Crippen molar-refractivity contribution in [3.05, 3.63) is 35.9 Å². The van der Waals surface area contributed by atoms with Crippen LogP contribution >= 0.6 is 0 Å². The fourth-order valence-corrected chi connectivity index (χ4v) is 1.86. The highest BCUT2D eigenvalue weighted by atomic mass is 16.4. The van der Waals surface area contributed by atoms with E-state index in [-0.39, 0.29) is 12.5 Å². The molecule has 0 radical (unpaired) electrons. The molecule has 4 heteroatoms. The maximum absolute atomic E-state index is 12.4. The molecular formula is C14H19NO3. The monoisotopic (exact) mass is 249 g/mol. The van der Waals surface area contributed by atoms with Crippen molar-refractivity contribution in [2.24, 2.45) is 0 Å². The minimum atomic E-state index is -0.992. The molecule has 1 aromatic rings. The van der Waals surface area contributed by atoms with Gasteiger partial charge in [0, 0.05) is 6.54 Å². The van der Waals surface area contributed by atoms with Gasteiger partial charge in [-0.15, -0.1) is 0 Å². The molecule has 98 valence electrons. The van der Waals surface area contributed by atoms with Gasteiger partial charge in [0.05, 0.1) is 5.41 Å². The van der Waals surface area contributed by atoms with Crippen LogP contribution in [0.25, 0.3) is 0 Å². The number of benzene rings is 1. The molecule has 0 atom stereocenters. The number of hydrogen-bond acceptors (Lipinski definition) is 2. The van der Waals surface area contributed by atoms with Gasteiger partial charge in [-0.3, -0.25) is 9.59 Å². The van der Waals surface area contributed by atoms with Gasteiger partial charge < -0.3 is 10.0 Å².